The van der Waals surface area contributed by atoms with E-state index in [1.54, 1.807) is 13.8 Å². The predicted molar refractivity (Wildman–Crippen MR) is 60.6 cm³/mol. The average molecular weight is 255 g/mol. The van der Waals surface area contributed by atoms with Gasteiger partial charge in [-0.1, -0.05) is 6.92 Å². The molecule has 0 aliphatic carbocycles. The van der Waals surface area contributed by atoms with Gasteiger partial charge in [0, 0.05) is 13.0 Å². The summed E-state index contributed by atoms with van der Waals surface area (Å²) in [5.41, 5.74) is 0. The van der Waals surface area contributed by atoms with Gasteiger partial charge in [0.1, 0.15) is 0 Å². The molecular formula is C12H17NO5. The highest BCUT2D eigenvalue weighted by Crippen LogP contribution is 2.43. The van der Waals surface area contributed by atoms with E-state index in [9.17, 15) is 14.4 Å². The van der Waals surface area contributed by atoms with Crippen LogP contribution in [0.5, 0.6) is 0 Å². The number of methoxy groups -OCH3 is 2. The minimum Gasteiger partial charge on any atom is -0.467 e. The topological polar surface area (TPSA) is 72.9 Å². The van der Waals surface area contributed by atoms with Gasteiger partial charge in [-0.25, -0.2) is 4.79 Å². The van der Waals surface area contributed by atoms with E-state index in [0.29, 0.717) is 0 Å². The summed E-state index contributed by atoms with van der Waals surface area (Å²) in [7, 11) is 2.74. The molecule has 1 amide bonds. The molecule has 0 aromatic carbocycles. The van der Waals surface area contributed by atoms with Crippen LogP contribution in [-0.4, -0.2) is 55.0 Å². The van der Waals surface area contributed by atoms with E-state index in [1.165, 1.54) is 19.1 Å². The monoisotopic (exact) mass is 255 g/mol. The number of esters is 1. The second-order valence-corrected chi connectivity index (χ2v) is 4.82. The van der Waals surface area contributed by atoms with Crippen molar-refractivity contribution in [3.05, 3.63) is 0 Å². The second-order valence-electron chi connectivity index (χ2n) is 4.82. The Bertz CT molecular complexity index is 407. The lowest BCUT2D eigenvalue weighted by Gasteiger charge is -2.47. The lowest BCUT2D eigenvalue weighted by atomic mass is 9.79. The van der Waals surface area contributed by atoms with Gasteiger partial charge in [-0.2, -0.15) is 0 Å². The molecule has 0 N–H and O–H groups in total. The van der Waals surface area contributed by atoms with Crippen molar-refractivity contribution in [2.45, 2.75) is 32.0 Å². The van der Waals surface area contributed by atoms with Crippen LogP contribution in [0.4, 0.5) is 0 Å². The third-order valence-corrected chi connectivity index (χ3v) is 4.04. The van der Waals surface area contributed by atoms with Crippen LogP contribution in [0.3, 0.4) is 0 Å². The quantitative estimate of drug-likeness (QED) is 0.390. The zero-order valence-electron chi connectivity index (χ0n) is 10.9. The number of Topliss-reactive ketones (excluding diaryl/α,β-unsaturated/α-hetero) is 1. The highest BCUT2D eigenvalue weighted by molar-refractivity contribution is 6.12. The molecule has 2 heterocycles. The van der Waals surface area contributed by atoms with Crippen LogP contribution >= 0.6 is 0 Å². The van der Waals surface area contributed by atoms with Crippen molar-refractivity contribution in [2.24, 2.45) is 11.8 Å². The maximum Gasteiger partial charge on any atom is 0.336 e. The van der Waals surface area contributed by atoms with Gasteiger partial charge in [-0.3, -0.25) is 9.59 Å². The van der Waals surface area contributed by atoms with Gasteiger partial charge in [-0.15, -0.1) is 0 Å². The van der Waals surface area contributed by atoms with Crippen molar-refractivity contribution in [1.29, 1.82) is 0 Å². The van der Waals surface area contributed by atoms with Crippen molar-refractivity contribution >= 4 is 17.7 Å². The Hall–Kier alpha value is -1.43. The summed E-state index contributed by atoms with van der Waals surface area (Å²) in [5.74, 6) is -1.81. The number of ether oxygens (including phenoxy) is 2. The fourth-order valence-corrected chi connectivity index (χ4v) is 2.93. The van der Waals surface area contributed by atoms with Crippen LogP contribution in [-0.2, 0) is 23.9 Å². The van der Waals surface area contributed by atoms with Crippen molar-refractivity contribution in [1.82, 2.24) is 4.90 Å². The summed E-state index contributed by atoms with van der Waals surface area (Å²) >= 11 is 0. The molecule has 4 unspecified atom stereocenters. The molecule has 2 saturated heterocycles. The first-order valence-electron chi connectivity index (χ1n) is 5.92. The Balaban J connectivity index is 2.27. The van der Waals surface area contributed by atoms with Gasteiger partial charge in [-0.05, 0) is 6.92 Å². The average Bonchev–Trinajstić information content (AvgIpc) is 2.59. The normalized spacial score (nSPS) is 36.1. The number of hydrogen-bond acceptors (Lipinski definition) is 5. The number of rotatable bonds is 3. The Morgan fingerprint density at radius 3 is 2.44 bits per heavy atom. The van der Waals surface area contributed by atoms with Crippen LogP contribution in [0.2, 0.25) is 0 Å². The molecule has 0 aromatic rings. The van der Waals surface area contributed by atoms with E-state index in [4.69, 9.17) is 4.74 Å². The zero-order valence-corrected chi connectivity index (χ0v) is 10.9. The molecule has 0 spiro atoms. The maximum absolute atomic E-state index is 12.1. The van der Waals surface area contributed by atoms with Gasteiger partial charge in [0.15, 0.2) is 11.8 Å². The van der Waals surface area contributed by atoms with Crippen LogP contribution in [0.25, 0.3) is 0 Å². The summed E-state index contributed by atoms with van der Waals surface area (Å²) in [4.78, 5) is 37.0. The Morgan fingerprint density at radius 1 is 1.33 bits per heavy atom. The van der Waals surface area contributed by atoms with Crippen LogP contribution in [0.1, 0.15) is 13.8 Å². The molecule has 2 aliphatic heterocycles. The first-order valence-corrected chi connectivity index (χ1v) is 5.92. The molecule has 18 heavy (non-hydrogen) atoms. The molecule has 0 saturated carbocycles. The lowest BCUT2D eigenvalue weighted by molar-refractivity contribution is -0.173. The minimum absolute atomic E-state index is 0.206. The van der Waals surface area contributed by atoms with Crippen molar-refractivity contribution < 1.29 is 23.9 Å². The Labute approximate surface area is 105 Å². The molecule has 6 heteroatoms. The van der Waals surface area contributed by atoms with E-state index in [-0.39, 0.29) is 35.7 Å². The predicted octanol–water partition coefficient (Wildman–Crippen LogP) is -0.391. The van der Waals surface area contributed by atoms with Gasteiger partial charge in [0.05, 0.1) is 25.2 Å². The second kappa shape index (κ2) is 4.35. The molecular weight excluding hydrogens is 238 g/mol. The zero-order chi connectivity index (χ0) is 13.6. The van der Waals surface area contributed by atoms with E-state index in [2.05, 4.69) is 4.74 Å². The van der Waals surface area contributed by atoms with Gasteiger partial charge < -0.3 is 14.4 Å². The van der Waals surface area contributed by atoms with Gasteiger partial charge >= 0.3 is 5.97 Å². The fraction of sp³-hybridized carbons (Fsp3) is 0.750. The number of ketones is 1. The standard InChI is InChI=1S/C12H17NO5/c1-5-8-7(6(2)17-3)11(15)13(8)9(10(5)14)12(16)18-4/h5-9H,1-4H3/t5-,6?,7?,8?,9?/m1/s1. The molecule has 0 bridgehead atoms. The maximum atomic E-state index is 12.1. The third-order valence-electron chi connectivity index (χ3n) is 4.04. The molecule has 2 fully saturated rings. The lowest BCUT2D eigenvalue weighted by Crippen LogP contribution is -2.66. The number of fused-ring (bicyclic) bond motifs is 1. The number of hydrogen-bond donors (Lipinski definition) is 0. The van der Waals surface area contributed by atoms with E-state index in [1.807, 2.05) is 0 Å². The molecule has 2 rings (SSSR count). The number of carbonyl (C=O) groups excluding carboxylic acids is 3. The van der Waals surface area contributed by atoms with E-state index < -0.39 is 12.0 Å². The van der Waals surface area contributed by atoms with Gasteiger partial charge in [0.2, 0.25) is 5.91 Å². The number of β-lactam (4-membered cyclic amide) rings is 1. The number of carbonyl (C=O) groups is 3. The van der Waals surface area contributed by atoms with Crippen LogP contribution in [0.15, 0.2) is 0 Å². The minimum atomic E-state index is -1.07. The summed E-state index contributed by atoms with van der Waals surface area (Å²) in [5, 5.41) is 0. The first-order chi connectivity index (χ1) is 8.45. The molecule has 6 nitrogen and oxygen atoms in total. The number of nitrogens with zero attached hydrogens (tertiary/aromatic N) is 1. The van der Waals surface area contributed by atoms with Crippen LogP contribution in [0, 0.1) is 11.8 Å². The Kier molecular flexibility index (Phi) is 3.14. The summed E-state index contributed by atoms with van der Waals surface area (Å²) < 4.78 is 9.75. The molecule has 2 aliphatic rings. The summed E-state index contributed by atoms with van der Waals surface area (Å²) in [6.45, 7) is 3.54. The third kappa shape index (κ3) is 1.48. The largest absolute Gasteiger partial charge is 0.467 e. The van der Waals surface area contributed by atoms with Crippen LogP contribution < -0.4 is 0 Å². The first kappa shape index (κ1) is 13.0. The number of amides is 1. The molecule has 5 atom stereocenters. The highest BCUT2D eigenvalue weighted by atomic mass is 16.5. The van der Waals surface area contributed by atoms with Crippen molar-refractivity contribution in [3.8, 4) is 0 Å². The summed E-state index contributed by atoms with van der Waals surface area (Å²) in [6, 6.07) is -1.31. The molecule has 0 aromatic heterocycles. The van der Waals surface area contributed by atoms with E-state index >= 15 is 0 Å². The van der Waals surface area contributed by atoms with Crippen molar-refractivity contribution in [2.75, 3.05) is 14.2 Å². The van der Waals surface area contributed by atoms with Crippen molar-refractivity contribution in [3.63, 3.8) is 0 Å². The van der Waals surface area contributed by atoms with Gasteiger partial charge in [0.25, 0.3) is 0 Å². The molecule has 0 radical (unpaired) electrons. The van der Waals surface area contributed by atoms with E-state index in [0.717, 1.165) is 0 Å². The highest BCUT2D eigenvalue weighted by Gasteiger charge is 2.64. The Morgan fingerprint density at radius 2 is 1.94 bits per heavy atom. The smallest absolute Gasteiger partial charge is 0.336 e. The molecule has 100 valence electrons. The SMILES string of the molecule is COC(=O)C1C(=O)[C@H](C)C2C(C(C)OC)C(=O)N12. The fourth-order valence-electron chi connectivity index (χ4n) is 2.93. The summed E-state index contributed by atoms with van der Waals surface area (Å²) in [6.07, 6.45) is -0.259.